The molecule has 1 atom stereocenters. The Balaban J connectivity index is 1.65. The fraction of sp³-hybridized carbons (Fsp3) is 0.160. The number of benzene rings is 3. The molecule has 0 N–H and O–H groups in total. The van der Waals surface area contributed by atoms with Crippen LogP contribution >= 0.6 is 11.6 Å². The number of ether oxygens (including phenoxy) is 1. The summed E-state index contributed by atoms with van der Waals surface area (Å²) in [5.41, 5.74) is 3.74. The maximum atomic E-state index is 13.1. The summed E-state index contributed by atoms with van der Waals surface area (Å²) in [5.74, 6) is -0.890. The van der Waals surface area contributed by atoms with Crippen molar-refractivity contribution in [1.29, 1.82) is 0 Å². The summed E-state index contributed by atoms with van der Waals surface area (Å²) < 4.78 is 5.54. The molecule has 0 fully saturated rings. The molecule has 1 heterocycles. The van der Waals surface area contributed by atoms with Crippen molar-refractivity contribution in [3.05, 3.63) is 101 Å². The van der Waals surface area contributed by atoms with E-state index in [2.05, 4.69) is 4.99 Å². The molecule has 3 aromatic carbocycles. The minimum absolute atomic E-state index is 0.159. The molecule has 31 heavy (non-hydrogen) atoms. The number of anilines is 1. The molecule has 3 aromatic rings. The van der Waals surface area contributed by atoms with E-state index in [4.69, 9.17) is 16.3 Å². The number of hydrogen-bond donors (Lipinski definition) is 0. The van der Waals surface area contributed by atoms with Crippen LogP contribution in [0.3, 0.4) is 0 Å². The van der Waals surface area contributed by atoms with E-state index in [-0.39, 0.29) is 6.42 Å². The molecule has 1 aliphatic heterocycles. The van der Waals surface area contributed by atoms with Gasteiger partial charge in [0.25, 0.3) is 12.1 Å². The van der Waals surface area contributed by atoms with Crippen LogP contribution in [-0.2, 0) is 20.7 Å². The van der Waals surface area contributed by atoms with Gasteiger partial charge in [-0.2, -0.15) is 0 Å². The summed E-state index contributed by atoms with van der Waals surface area (Å²) in [6, 6.07) is 24.4. The van der Waals surface area contributed by atoms with Crippen LogP contribution in [0.15, 0.2) is 83.9 Å². The van der Waals surface area contributed by atoms with Crippen molar-refractivity contribution in [2.75, 3.05) is 11.9 Å². The highest BCUT2D eigenvalue weighted by atomic mass is 35.5. The number of likely N-dealkylation sites (N-methyl/N-ethyl adjacent to an activating group) is 1. The number of carbonyl (C=O) groups is 2. The van der Waals surface area contributed by atoms with Gasteiger partial charge in [-0.05, 0) is 30.2 Å². The molecule has 0 saturated carbocycles. The average Bonchev–Trinajstić information content (AvgIpc) is 2.89. The first kappa shape index (κ1) is 20.8. The van der Waals surface area contributed by atoms with Crippen LogP contribution in [0.1, 0.15) is 23.1 Å². The van der Waals surface area contributed by atoms with Crippen LogP contribution in [0, 0.1) is 0 Å². The van der Waals surface area contributed by atoms with E-state index in [0.29, 0.717) is 28.4 Å². The fourth-order valence-corrected chi connectivity index (χ4v) is 3.67. The lowest BCUT2D eigenvalue weighted by molar-refractivity contribution is -0.154. The Morgan fingerprint density at radius 2 is 1.71 bits per heavy atom. The molecule has 0 aliphatic carbocycles. The zero-order valence-electron chi connectivity index (χ0n) is 17.0. The second kappa shape index (κ2) is 9.14. The van der Waals surface area contributed by atoms with E-state index in [0.717, 1.165) is 11.1 Å². The number of aliphatic imine (C=N–C) groups is 1. The van der Waals surface area contributed by atoms with Gasteiger partial charge in [0.15, 0.2) is 0 Å². The van der Waals surface area contributed by atoms with Gasteiger partial charge in [-0.1, -0.05) is 72.3 Å². The summed E-state index contributed by atoms with van der Waals surface area (Å²) in [4.78, 5) is 31.7. The number of halogens is 1. The molecule has 1 amide bonds. The molecule has 6 heteroatoms. The first-order valence-electron chi connectivity index (χ1n) is 9.97. The van der Waals surface area contributed by atoms with Crippen molar-refractivity contribution in [1.82, 2.24) is 0 Å². The van der Waals surface area contributed by atoms with Crippen molar-refractivity contribution in [2.45, 2.75) is 19.1 Å². The smallest absolute Gasteiger partial charge is 0.308 e. The number of hydrogen-bond acceptors (Lipinski definition) is 4. The molecule has 1 aliphatic rings. The molecule has 1 unspecified atom stereocenters. The van der Waals surface area contributed by atoms with Crippen molar-refractivity contribution in [3.8, 4) is 0 Å². The first-order chi connectivity index (χ1) is 15.0. The number of carbonyl (C=O) groups excluding carboxylic acids is 2. The fourth-order valence-electron chi connectivity index (χ4n) is 3.49. The van der Waals surface area contributed by atoms with Crippen molar-refractivity contribution in [2.24, 2.45) is 4.99 Å². The van der Waals surface area contributed by atoms with Gasteiger partial charge >= 0.3 is 5.97 Å². The highest BCUT2D eigenvalue weighted by molar-refractivity contribution is 6.32. The Morgan fingerprint density at radius 1 is 1.03 bits per heavy atom. The third-order valence-corrected chi connectivity index (χ3v) is 5.35. The van der Waals surface area contributed by atoms with Crippen LogP contribution in [-0.4, -0.2) is 30.9 Å². The third-order valence-electron chi connectivity index (χ3n) is 5.11. The predicted molar refractivity (Wildman–Crippen MR) is 122 cm³/mol. The second-order valence-corrected chi connectivity index (χ2v) is 7.67. The standard InChI is InChI=1S/C25H21ClN2O3/c1-28-21-14-13-19(26)16-20(21)23(18-10-6-3-7-11-18)27-24(25(28)30)31-22(29)15-12-17-8-4-2-5-9-17/h2-11,13-14,16,24H,12,15H2,1H3. The Hall–Kier alpha value is -3.44. The molecule has 4 rings (SSSR count). The number of amides is 1. The Kier molecular flexibility index (Phi) is 6.14. The van der Waals surface area contributed by atoms with Crippen molar-refractivity contribution < 1.29 is 14.3 Å². The van der Waals surface area contributed by atoms with Gasteiger partial charge in [-0.15, -0.1) is 0 Å². The van der Waals surface area contributed by atoms with Gasteiger partial charge in [0.05, 0.1) is 11.4 Å². The minimum atomic E-state index is -1.27. The quantitative estimate of drug-likeness (QED) is 0.551. The van der Waals surface area contributed by atoms with Gasteiger partial charge in [-0.25, -0.2) is 4.99 Å². The zero-order chi connectivity index (χ0) is 21.8. The SMILES string of the molecule is CN1C(=O)C(OC(=O)CCc2ccccc2)N=C(c2ccccc2)c2cc(Cl)ccc21. The maximum Gasteiger partial charge on any atom is 0.308 e. The van der Waals surface area contributed by atoms with Crippen LogP contribution in [0.2, 0.25) is 5.02 Å². The van der Waals surface area contributed by atoms with Gasteiger partial charge < -0.3 is 9.64 Å². The van der Waals surface area contributed by atoms with Crippen molar-refractivity contribution >= 4 is 34.9 Å². The summed E-state index contributed by atoms with van der Waals surface area (Å²) in [7, 11) is 1.64. The Labute approximate surface area is 185 Å². The number of aryl methyl sites for hydroxylation is 1. The van der Waals surface area contributed by atoms with Gasteiger partial charge in [-0.3, -0.25) is 9.59 Å². The van der Waals surface area contributed by atoms with E-state index in [1.807, 2.05) is 60.7 Å². The third kappa shape index (κ3) is 4.67. The second-order valence-electron chi connectivity index (χ2n) is 7.23. The van der Waals surface area contributed by atoms with Crippen molar-refractivity contribution in [3.63, 3.8) is 0 Å². The molecule has 156 valence electrons. The van der Waals surface area contributed by atoms with E-state index in [1.165, 1.54) is 4.90 Å². The van der Waals surface area contributed by atoms with Crippen LogP contribution in [0.4, 0.5) is 5.69 Å². The Morgan fingerprint density at radius 3 is 2.42 bits per heavy atom. The molecule has 0 radical (unpaired) electrons. The lowest BCUT2D eigenvalue weighted by Gasteiger charge is -2.20. The molecule has 0 saturated heterocycles. The lowest BCUT2D eigenvalue weighted by atomic mass is 10.0. The number of rotatable bonds is 5. The summed E-state index contributed by atoms with van der Waals surface area (Å²) in [6.07, 6.45) is -0.580. The molecule has 0 spiro atoms. The van der Waals surface area contributed by atoms with Gasteiger partial charge in [0.1, 0.15) is 0 Å². The summed E-state index contributed by atoms with van der Waals surface area (Å²) in [6.45, 7) is 0. The summed E-state index contributed by atoms with van der Waals surface area (Å²) in [5, 5.41) is 0.529. The topological polar surface area (TPSA) is 59.0 Å². The number of esters is 1. The van der Waals surface area contributed by atoms with Gasteiger partial charge in [0.2, 0.25) is 0 Å². The molecule has 0 bridgehead atoms. The molecular weight excluding hydrogens is 412 g/mol. The largest absolute Gasteiger partial charge is 0.430 e. The lowest BCUT2D eigenvalue weighted by Crippen LogP contribution is -2.37. The van der Waals surface area contributed by atoms with Crippen LogP contribution in [0.25, 0.3) is 0 Å². The minimum Gasteiger partial charge on any atom is -0.430 e. The normalized spacial score (nSPS) is 15.7. The molecule has 5 nitrogen and oxygen atoms in total. The number of fused-ring (bicyclic) bond motifs is 1. The first-order valence-corrected chi connectivity index (χ1v) is 10.3. The predicted octanol–water partition coefficient (Wildman–Crippen LogP) is 4.66. The van der Waals surface area contributed by atoms with Crippen LogP contribution in [0.5, 0.6) is 0 Å². The average molecular weight is 433 g/mol. The molecular formula is C25H21ClN2O3. The van der Waals surface area contributed by atoms with E-state index < -0.39 is 18.1 Å². The monoisotopic (exact) mass is 432 g/mol. The number of nitrogens with zero attached hydrogens (tertiary/aromatic N) is 2. The highest BCUT2D eigenvalue weighted by Gasteiger charge is 2.32. The maximum absolute atomic E-state index is 13.1. The van der Waals surface area contributed by atoms with E-state index >= 15 is 0 Å². The highest BCUT2D eigenvalue weighted by Crippen LogP contribution is 2.30. The van der Waals surface area contributed by atoms with Gasteiger partial charge in [0, 0.05) is 29.6 Å². The zero-order valence-corrected chi connectivity index (χ0v) is 17.8. The van der Waals surface area contributed by atoms with E-state index in [1.54, 1.807) is 25.2 Å². The molecule has 0 aromatic heterocycles. The van der Waals surface area contributed by atoms with E-state index in [9.17, 15) is 9.59 Å². The Bertz CT molecular complexity index is 1130. The summed E-state index contributed by atoms with van der Waals surface area (Å²) >= 11 is 6.24. The number of benzodiazepines with no additional fused rings is 1. The van der Waals surface area contributed by atoms with Crippen LogP contribution < -0.4 is 4.90 Å².